The molecule has 0 amide bonds. The summed E-state index contributed by atoms with van der Waals surface area (Å²) < 4.78 is 4.69. The van der Waals surface area contributed by atoms with Crippen molar-refractivity contribution in [3.63, 3.8) is 0 Å². The van der Waals surface area contributed by atoms with Gasteiger partial charge in [0.25, 0.3) is 0 Å². The lowest BCUT2D eigenvalue weighted by Gasteiger charge is -2.05. The number of carbonyl (C=O) groups excluding carboxylic acids is 1. The number of carbonyl (C=O) groups is 1. The minimum Gasteiger partial charge on any atom is -0.469 e. The van der Waals surface area contributed by atoms with Crippen molar-refractivity contribution in [1.29, 1.82) is 0 Å². The Morgan fingerprint density at radius 3 is 2.25 bits per heavy atom. The van der Waals surface area contributed by atoms with Crippen LogP contribution in [-0.2, 0) is 9.53 Å². The largest absolute Gasteiger partial charge is 0.469 e. The number of ether oxygens (including phenoxy) is 1. The van der Waals surface area contributed by atoms with Crippen LogP contribution in [0.2, 0.25) is 0 Å². The Balaban J connectivity index is 5.16. The number of hydrogen-bond acceptors (Lipinski definition) is 2. The maximum Gasteiger partial charge on any atom is 0.309 e. The predicted molar refractivity (Wildman–Crippen MR) is 86.4 cm³/mol. The van der Waals surface area contributed by atoms with Gasteiger partial charge in [-0.05, 0) is 37.5 Å². The van der Waals surface area contributed by atoms with Crippen molar-refractivity contribution in [2.45, 2.75) is 27.2 Å². The van der Waals surface area contributed by atoms with Crippen LogP contribution in [0.1, 0.15) is 27.2 Å². The van der Waals surface area contributed by atoms with Gasteiger partial charge < -0.3 is 4.74 Å². The molecule has 0 saturated heterocycles. The van der Waals surface area contributed by atoms with Gasteiger partial charge in [-0.15, -0.1) is 0 Å². The molecule has 0 aliphatic heterocycles. The molecule has 0 radical (unpaired) electrons. The molecule has 0 atom stereocenters. The summed E-state index contributed by atoms with van der Waals surface area (Å²) in [6, 6.07) is 0. The number of rotatable bonds is 7. The molecule has 0 rings (SSSR count). The highest BCUT2D eigenvalue weighted by atomic mass is 16.5. The van der Waals surface area contributed by atoms with Crippen molar-refractivity contribution in [2.24, 2.45) is 0 Å². The molecule has 2 nitrogen and oxygen atoms in total. The lowest BCUT2D eigenvalue weighted by Crippen LogP contribution is -2.01. The van der Waals surface area contributed by atoms with Crippen LogP contribution in [0.3, 0.4) is 0 Å². The van der Waals surface area contributed by atoms with E-state index < -0.39 is 0 Å². The van der Waals surface area contributed by atoms with Gasteiger partial charge >= 0.3 is 5.97 Å². The number of allylic oxidation sites excluding steroid dienone is 9. The van der Waals surface area contributed by atoms with Crippen LogP contribution in [0.15, 0.2) is 71.9 Å². The van der Waals surface area contributed by atoms with Gasteiger partial charge in [-0.2, -0.15) is 0 Å². The monoisotopic (exact) mass is 272 g/mol. The van der Waals surface area contributed by atoms with Gasteiger partial charge in [0.15, 0.2) is 0 Å². The highest BCUT2D eigenvalue weighted by Crippen LogP contribution is 2.17. The van der Waals surface area contributed by atoms with Crippen LogP contribution >= 0.6 is 0 Å². The summed E-state index contributed by atoms with van der Waals surface area (Å²) in [4.78, 5) is 11.4. The standard InChI is InChI=1S/C18H24O2/c1-7-9-16(13-18(19)20-6)12-15(5)17(8-2)11-10-14(3)4/h7-12H,3,5,13H2,1-2,4,6H3/b9-7-,11-10-,16-12+,17-8+. The van der Waals surface area contributed by atoms with Crippen molar-refractivity contribution in [3.8, 4) is 0 Å². The second-order valence-corrected chi connectivity index (χ2v) is 4.42. The Hall–Kier alpha value is -2.09. The third-order valence-electron chi connectivity index (χ3n) is 2.55. The lowest BCUT2D eigenvalue weighted by atomic mass is 10.0. The lowest BCUT2D eigenvalue weighted by molar-refractivity contribution is -0.139. The van der Waals surface area contributed by atoms with E-state index >= 15 is 0 Å². The molecule has 0 aromatic carbocycles. The smallest absolute Gasteiger partial charge is 0.309 e. The van der Waals surface area contributed by atoms with Crippen molar-refractivity contribution in [1.82, 2.24) is 0 Å². The van der Waals surface area contributed by atoms with Gasteiger partial charge in [-0.25, -0.2) is 0 Å². The molecule has 0 saturated carbocycles. The summed E-state index contributed by atoms with van der Waals surface area (Å²) in [7, 11) is 1.39. The molecular weight excluding hydrogens is 248 g/mol. The molecule has 0 unspecified atom stereocenters. The first-order chi connectivity index (χ1) is 9.44. The van der Waals surface area contributed by atoms with Crippen molar-refractivity contribution < 1.29 is 9.53 Å². The summed E-state index contributed by atoms with van der Waals surface area (Å²) in [5, 5.41) is 0. The maximum atomic E-state index is 11.4. The maximum absolute atomic E-state index is 11.4. The molecule has 0 bridgehead atoms. The van der Waals surface area contributed by atoms with Gasteiger partial charge in [0, 0.05) is 0 Å². The molecule has 108 valence electrons. The fraction of sp³-hybridized carbons (Fsp3) is 0.278. The van der Waals surface area contributed by atoms with E-state index in [1.165, 1.54) is 7.11 Å². The van der Waals surface area contributed by atoms with Crippen molar-refractivity contribution >= 4 is 5.97 Å². The highest BCUT2D eigenvalue weighted by Gasteiger charge is 2.04. The topological polar surface area (TPSA) is 26.3 Å². The molecule has 2 heteroatoms. The molecule has 0 heterocycles. The molecule has 0 aromatic heterocycles. The average molecular weight is 272 g/mol. The molecule has 0 fully saturated rings. The summed E-state index contributed by atoms with van der Waals surface area (Å²) in [6.07, 6.45) is 11.8. The molecule has 20 heavy (non-hydrogen) atoms. The number of esters is 1. The summed E-state index contributed by atoms with van der Waals surface area (Å²) in [5.41, 5.74) is 3.69. The van der Waals surface area contributed by atoms with E-state index in [-0.39, 0.29) is 12.4 Å². The summed E-state index contributed by atoms with van der Waals surface area (Å²) in [5.74, 6) is -0.262. The minimum atomic E-state index is -0.262. The average Bonchev–Trinajstić information content (AvgIpc) is 2.39. The first-order valence-electron chi connectivity index (χ1n) is 6.53. The zero-order chi connectivity index (χ0) is 15.5. The van der Waals surface area contributed by atoms with Crippen LogP contribution in [0, 0.1) is 0 Å². The fourth-order valence-electron chi connectivity index (χ4n) is 1.54. The normalized spacial score (nSPS) is 13.0. The van der Waals surface area contributed by atoms with E-state index in [0.29, 0.717) is 0 Å². The van der Waals surface area contributed by atoms with Gasteiger partial charge in [0.1, 0.15) is 0 Å². The van der Waals surface area contributed by atoms with Gasteiger partial charge in [0.2, 0.25) is 0 Å². The molecule has 0 spiro atoms. The van der Waals surface area contributed by atoms with Gasteiger partial charge in [-0.3, -0.25) is 4.79 Å². The third kappa shape index (κ3) is 7.37. The van der Waals surface area contributed by atoms with Crippen LogP contribution < -0.4 is 0 Å². The van der Waals surface area contributed by atoms with E-state index in [1.807, 2.05) is 57.2 Å². The van der Waals surface area contributed by atoms with Crippen molar-refractivity contribution in [3.05, 3.63) is 71.9 Å². The summed E-state index contributed by atoms with van der Waals surface area (Å²) >= 11 is 0. The predicted octanol–water partition coefficient (Wildman–Crippen LogP) is 4.69. The van der Waals surface area contributed by atoms with E-state index in [1.54, 1.807) is 0 Å². The quantitative estimate of drug-likeness (QED) is 0.496. The van der Waals surface area contributed by atoms with E-state index in [0.717, 1.165) is 22.3 Å². The molecular formula is C18H24O2. The van der Waals surface area contributed by atoms with Crippen LogP contribution in [0.4, 0.5) is 0 Å². The van der Waals surface area contributed by atoms with Crippen LogP contribution in [-0.4, -0.2) is 13.1 Å². The van der Waals surface area contributed by atoms with Crippen LogP contribution in [0.25, 0.3) is 0 Å². The molecule has 0 aliphatic rings. The fourth-order valence-corrected chi connectivity index (χ4v) is 1.54. The van der Waals surface area contributed by atoms with Crippen LogP contribution in [0.5, 0.6) is 0 Å². The number of methoxy groups -OCH3 is 1. The molecule has 0 N–H and O–H groups in total. The second-order valence-electron chi connectivity index (χ2n) is 4.42. The van der Waals surface area contributed by atoms with Gasteiger partial charge in [0.05, 0.1) is 13.5 Å². The zero-order valence-electron chi connectivity index (χ0n) is 12.9. The Morgan fingerprint density at radius 2 is 1.80 bits per heavy atom. The van der Waals surface area contributed by atoms with E-state index in [4.69, 9.17) is 4.74 Å². The second kappa shape index (κ2) is 9.79. The summed E-state index contributed by atoms with van der Waals surface area (Å²) in [6.45, 7) is 13.7. The van der Waals surface area contributed by atoms with Crippen molar-refractivity contribution in [2.75, 3.05) is 7.11 Å². The minimum absolute atomic E-state index is 0.237. The Bertz CT molecular complexity index is 486. The SMILES string of the molecule is C=C(C)/C=C\C(=C/C)C(=C)/C=C(\C=C/C)CC(=O)OC. The van der Waals surface area contributed by atoms with E-state index in [9.17, 15) is 4.79 Å². The first-order valence-corrected chi connectivity index (χ1v) is 6.53. The Kier molecular flexibility index (Phi) is 8.77. The highest BCUT2D eigenvalue weighted by molar-refractivity contribution is 5.73. The Labute approximate surface area is 122 Å². The Morgan fingerprint density at radius 1 is 1.15 bits per heavy atom. The van der Waals surface area contributed by atoms with E-state index in [2.05, 4.69) is 13.2 Å². The number of hydrogen-bond donors (Lipinski definition) is 0. The first kappa shape index (κ1) is 17.9. The molecule has 0 aromatic rings. The van der Waals surface area contributed by atoms with Gasteiger partial charge in [-0.1, -0.05) is 55.2 Å². The molecule has 0 aliphatic carbocycles. The zero-order valence-corrected chi connectivity index (χ0v) is 12.9. The third-order valence-corrected chi connectivity index (χ3v) is 2.55.